The lowest BCUT2D eigenvalue weighted by molar-refractivity contribution is -0.221. The van der Waals surface area contributed by atoms with Crippen LogP contribution in [0.3, 0.4) is 0 Å². The summed E-state index contributed by atoms with van der Waals surface area (Å²) in [5.41, 5.74) is -2.82. The second-order valence-corrected chi connectivity index (χ2v) is 4.85. The molecule has 0 aliphatic heterocycles. The van der Waals surface area contributed by atoms with Crippen LogP contribution in [0.25, 0.3) is 0 Å². The summed E-state index contributed by atoms with van der Waals surface area (Å²) in [4.78, 5) is 11.9. The molecule has 0 heterocycles. The molecule has 0 aromatic heterocycles. The lowest BCUT2D eigenvalue weighted by Gasteiger charge is -2.22. The van der Waals surface area contributed by atoms with E-state index in [4.69, 9.17) is 5.26 Å². The van der Waals surface area contributed by atoms with E-state index in [2.05, 4.69) is 0 Å². The largest absolute Gasteiger partial charge is 0.415 e. The molecule has 0 fully saturated rings. The topological polar surface area (TPSA) is 81.3 Å². The highest BCUT2D eigenvalue weighted by molar-refractivity contribution is 6.04. The number of alkyl halides is 3. The maximum Gasteiger partial charge on any atom is 0.415 e. The minimum Gasteiger partial charge on any atom is -0.387 e. The number of aliphatic hydroxyl groups excluding tert-OH is 2. The minimum absolute atomic E-state index is 0.339. The van der Waals surface area contributed by atoms with Gasteiger partial charge in [0.2, 0.25) is 0 Å². The number of rotatable bonds is 1. The fourth-order valence-corrected chi connectivity index (χ4v) is 2.58. The van der Waals surface area contributed by atoms with Crippen molar-refractivity contribution in [2.24, 2.45) is 5.92 Å². The summed E-state index contributed by atoms with van der Waals surface area (Å²) in [6.07, 6.45) is -10.7. The quantitative estimate of drug-likeness (QED) is 0.774. The summed E-state index contributed by atoms with van der Waals surface area (Å²) >= 11 is 0. The zero-order chi connectivity index (χ0) is 17.0. The van der Waals surface area contributed by atoms with E-state index in [1.807, 2.05) is 0 Å². The number of ketones is 1. The molecule has 22 heavy (non-hydrogen) atoms. The average Bonchev–Trinajstić information content (AvgIpc) is 2.67. The molecule has 1 aliphatic carbocycles. The van der Waals surface area contributed by atoms with E-state index < -0.39 is 58.4 Å². The van der Waals surface area contributed by atoms with Gasteiger partial charge in [0.25, 0.3) is 0 Å². The monoisotopic (exact) mass is 321 g/mol. The molecule has 2 N–H and O–H groups in total. The molecule has 9 heteroatoms. The highest BCUT2D eigenvalue weighted by atomic mass is 19.4. The van der Waals surface area contributed by atoms with E-state index in [0.717, 1.165) is 6.92 Å². The van der Waals surface area contributed by atoms with Gasteiger partial charge in [-0.25, -0.2) is 8.78 Å². The lowest BCUT2D eigenvalue weighted by Crippen LogP contribution is -2.40. The molecule has 3 atom stereocenters. The predicted octanol–water partition coefficient (Wildman–Crippen LogP) is 1.91. The Labute approximate surface area is 120 Å². The third-order valence-corrected chi connectivity index (χ3v) is 3.65. The van der Waals surface area contributed by atoms with Gasteiger partial charge in [-0.15, -0.1) is 0 Å². The second kappa shape index (κ2) is 5.00. The molecule has 1 aromatic rings. The fraction of sp³-hybridized carbons (Fsp3) is 0.385. The molecular formula is C13H8F5NO3. The van der Waals surface area contributed by atoms with E-state index >= 15 is 0 Å². The van der Waals surface area contributed by atoms with Crippen LogP contribution in [-0.4, -0.2) is 28.3 Å². The van der Waals surface area contributed by atoms with Crippen LogP contribution in [0.15, 0.2) is 0 Å². The molecule has 1 aliphatic rings. The first-order valence-corrected chi connectivity index (χ1v) is 5.92. The molecular weight excluding hydrogens is 313 g/mol. The first kappa shape index (κ1) is 16.3. The molecule has 0 spiro atoms. The smallest absolute Gasteiger partial charge is 0.387 e. The van der Waals surface area contributed by atoms with Gasteiger partial charge in [-0.1, -0.05) is 0 Å². The van der Waals surface area contributed by atoms with Crippen molar-refractivity contribution in [2.75, 3.05) is 0 Å². The molecule has 0 saturated carbocycles. The van der Waals surface area contributed by atoms with Gasteiger partial charge in [-0.05, 0) is 18.1 Å². The van der Waals surface area contributed by atoms with Crippen molar-refractivity contribution in [2.45, 2.75) is 25.3 Å². The first-order chi connectivity index (χ1) is 10.0. The molecule has 0 amide bonds. The van der Waals surface area contributed by atoms with Crippen LogP contribution in [-0.2, 0) is 0 Å². The molecule has 0 bridgehead atoms. The Morgan fingerprint density at radius 2 is 1.82 bits per heavy atom. The maximum atomic E-state index is 13.9. The summed E-state index contributed by atoms with van der Waals surface area (Å²) in [5, 5.41) is 27.8. The number of halogens is 5. The highest BCUT2D eigenvalue weighted by Crippen LogP contribution is 2.45. The number of aliphatic hydroxyl groups is 2. The van der Waals surface area contributed by atoms with Crippen LogP contribution in [0, 0.1) is 35.8 Å². The predicted molar refractivity (Wildman–Crippen MR) is 60.7 cm³/mol. The zero-order valence-corrected chi connectivity index (χ0v) is 10.9. The van der Waals surface area contributed by atoms with Crippen molar-refractivity contribution in [3.63, 3.8) is 0 Å². The Bertz CT molecular complexity index is 707. The Morgan fingerprint density at radius 3 is 2.27 bits per heavy atom. The lowest BCUT2D eigenvalue weighted by atomic mass is 9.94. The van der Waals surface area contributed by atoms with E-state index in [9.17, 15) is 37.0 Å². The van der Waals surface area contributed by atoms with Crippen LogP contribution in [0.2, 0.25) is 0 Å². The Morgan fingerprint density at radius 1 is 1.27 bits per heavy atom. The van der Waals surface area contributed by atoms with Gasteiger partial charge in [0, 0.05) is 0 Å². The van der Waals surface area contributed by atoms with Gasteiger partial charge in [0.1, 0.15) is 6.07 Å². The zero-order valence-electron chi connectivity index (χ0n) is 10.9. The fourth-order valence-electron chi connectivity index (χ4n) is 2.58. The van der Waals surface area contributed by atoms with Gasteiger partial charge in [-0.3, -0.25) is 4.79 Å². The van der Waals surface area contributed by atoms with E-state index in [-0.39, 0.29) is 5.56 Å². The third kappa shape index (κ3) is 2.07. The van der Waals surface area contributed by atoms with E-state index in [0.29, 0.717) is 0 Å². The Kier molecular flexibility index (Phi) is 3.71. The van der Waals surface area contributed by atoms with Gasteiger partial charge < -0.3 is 10.2 Å². The van der Waals surface area contributed by atoms with Gasteiger partial charge in [0.15, 0.2) is 23.5 Å². The van der Waals surface area contributed by atoms with E-state index in [1.54, 1.807) is 0 Å². The molecule has 118 valence electrons. The number of hydrogen-bond donors (Lipinski definition) is 2. The normalized spacial score (nSPS) is 22.4. The number of benzene rings is 1. The number of carbonyl (C=O) groups excluding carboxylic acids is 1. The summed E-state index contributed by atoms with van der Waals surface area (Å²) in [6, 6.07) is 1.32. The number of nitriles is 1. The van der Waals surface area contributed by atoms with Gasteiger partial charge in [0.05, 0.1) is 23.1 Å². The van der Waals surface area contributed by atoms with Gasteiger partial charge >= 0.3 is 6.18 Å². The van der Waals surface area contributed by atoms with Crippen LogP contribution in [0.1, 0.15) is 33.2 Å². The number of carbonyl (C=O) groups is 1. The molecule has 0 radical (unpaired) electrons. The number of Topliss-reactive ketones (excluding diaryl/α,β-unsaturated/α-hetero) is 1. The number of fused-ring (bicyclic) bond motifs is 1. The van der Waals surface area contributed by atoms with Crippen molar-refractivity contribution in [1.29, 1.82) is 5.26 Å². The third-order valence-electron chi connectivity index (χ3n) is 3.65. The summed E-state index contributed by atoms with van der Waals surface area (Å²) in [7, 11) is 0. The molecule has 4 nitrogen and oxygen atoms in total. The van der Waals surface area contributed by atoms with Crippen molar-refractivity contribution in [3.8, 4) is 6.07 Å². The average molecular weight is 321 g/mol. The molecule has 2 rings (SSSR count). The van der Waals surface area contributed by atoms with E-state index in [1.165, 1.54) is 6.07 Å². The number of hydrogen-bond acceptors (Lipinski definition) is 4. The molecule has 1 aromatic carbocycles. The summed E-state index contributed by atoms with van der Waals surface area (Å²) in [5.74, 6) is -7.45. The Balaban J connectivity index is 2.71. The van der Waals surface area contributed by atoms with Crippen molar-refractivity contribution >= 4 is 5.78 Å². The van der Waals surface area contributed by atoms with Crippen LogP contribution >= 0.6 is 0 Å². The standard InChI is InChI=1S/C13H8F5NO3/c1-3-4(2-19)8(14)9(15)6-5(3)10(20)7(11(6)21)12(22)13(16,17)18/h7,10,12,20,22H,1H3. The number of nitrogens with zero attached hydrogens (tertiary/aromatic N) is 1. The summed E-state index contributed by atoms with van der Waals surface area (Å²) < 4.78 is 65.2. The minimum atomic E-state index is -5.23. The van der Waals surface area contributed by atoms with Crippen LogP contribution < -0.4 is 0 Å². The van der Waals surface area contributed by atoms with Crippen molar-refractivity contribution < 1.29 is 37.0 Å². The molecule has 0 saturated heterocycles. The van der Waals surface area contributed by atoms with Crippen molar-refractivity contribution in [3.05, 3.63) is 33.9 Å². The SMILES string of the molecule is Cc1c(C#N)c(F)c(F)c2c1C(O)C(C(O)C(F)(F)F)C2=O. The highest BCUT2D eigenvalue weighted by Gasteiger charge is 2.55. The maximum absolute atomic E-state index is 13.9. The summed E-state index contributed by atoms with van der Waals surface area (Å²) in [6.45, 7) is 1.07. The Hall–Kier alpha value is -2.05. The van der Waals surface area contributed by atoms with Crippen LogP contribution in [0.5, 0.6) is 0 Å². The second-order valence-electron chi connectivity index (χ2n) is 4.85. The van der Waals surface area contributed by atoms with Crippen LogP contribution in [0.4, 0.5) is 22.0 Å². The van der Waals surface area contributed by atoms with Crippen molar-refractivity contribution in [1.82, 2.24) is 0 Å². The van der Waals surface area contributed by atoms with Gasteiger partial charge in [-0.2, -0.15) is 18.4 Å². The first-order valence-electron chi connectivity index (χ1n) is 5.92. The molecule has 3 unspecified atom stereocenters.